The van der Waals surface area contributed by atoms with Gasteiger partial charge in [0.2, 0.25) is 0 Å². The molecule has 0 amide bonds. The van der Waals surface area contributed by atoms with Gasteiger partial charge in [0.05, 0.1) is 5.69 Å². The van der Waals surface area contributed by atoms with Crippen LogP contribution in [0.5, 0.6) is 5.75 Å². The number of carboxylic acid groups (broad SMARTS) is 1. The van der Waals surface area contributed by atoms with Crippen molar-refractivity contribution in [2.75, 3.05) is 0 Å². The van der Waals surface area contributed by atoms with Crippen molar-refractivity contribution < 1.29 is 27.8 Å². The molecule has 9 heteroatoms. The Morgan fingerprint density at radius 3 is 2.50 bits per heavy atom. The highest BCUT2D eigenvalue weighted by Crippen LogP contribution is 2.24. The molecule has 0 saturated heterocycles. The standard InChI is InChI=1S/C19H14F3N3O3/c1-12-10-14(3-2-13(12)4-9-17(26)27)18-23-11-25(24-18)15-5-7-16(8-6-15)28-19(20,21)22/h2-11H,1H3,(H,26,27)/b9-4+. The van der Waals surface area contributed by atoms with Crippen molar-refractivity contribution in [3.05, 3.63) is 66.0 Å². The van der Waals surface area contributed by atoms with Crippen molar-refractivity contribution in [2.45, 2.75) is 13.3 Å². The highest BCUT2D eigenvalue weighted by atomic mass is 19.4. The number of aryl methyl sites for hydroxylation is 1. The highest BCUT2D eigenvalue weighted by molar-refractivity contribution is 5.85. The Balaban J connectivity index is 1.80. The molecule has 0 aliphatic carbocycles. The predicted octanol–water partition coefficient (Wildman–Crippen LogP) is 4.24. The van der Waals surface area contributed by atoms with Crippen LogP contribution in [0.3, 0.4) is 0 Å². The normalized spacial score (nSPS) is 11.7. The Kier molecular flexibility index (Phi) is 5.16. The van der Waals surface area contributed by atoms with E-state index in [4.69, 9.17) is 5.11 Å². The zero-order valence-electron chi connectivity index (χ0n) is 14.5. The minimum Gasteiger partial charge on any atom is -0.478 e. The Morgan fingerprint density at radius 1 is 1.18 bits per heavy atom. The van der Waals surface area contributed by atoms with Crippen molar-refractivity contribution in [1.82, 2.24) is 14.8 Å². The lowest BCUT2D eigenvalue weighted by atomic mass is 10.0. The highest BCUT2D eigenvalue weighted by Gasteiger charge is 2.30. The first kappa shape index (κ1) is 19.2. The van der Waals surface area contributed by atoms with Gasteiger partial charge in [-0.1, -0.05) is 12.1 Å². The lowest BCUT2D eigenvalue weighted by Crippen LogP contribution is -2.17. The molecular formula is C19H14F3N3O3. The summed E-state index contributed by atoms with van der Waals surface area (Å²) in [4.78, 5) is 14.8. The minimum atomic E-state index is -4.74. The molecule has 0 unspecified atom stereocenters. The Hall–Kier alpha value is -3.62. The molecule has 0 aliphatic heterocycles. The van der Waals surface area contributed by atoms with Gasteiger partial charge in [-0.2, -0.15) is 0 Å². The molecule has 0 fully saturated rings. The fraction of sp³-hybridized carbons (Fsp3) is 0.105. The van der Waals surface area contributed by atoms with Crippen molar-refractivity contribution in [3.63, 3.8) is 0 Å². The molecule has 28 heavy (non-hydrogen) atoms. The Morgan fingerprint density at radius 2 is 1.89 bits per heavy atom. The topological polar surface area (TPSA) is 77.2 Å². The van der Waals surface area contributed by atoms with E-state index in [1.165, 1.54) is 41.4 Å². The Bertz CT molecular complexity index is 1020. The van der Waals surface area contributed by atoms with Crippen LogP contribution >= 0.6 is 0 Å². The summed E-state index contributed by atoms with van der Waals surface area (Å²) < 4.78 is 41.9. The molecule has 3 rings (SSSR count). The third-order valence-corrected chi connectivity index (χ3v) is 3.76. The smallest absolute Gasteiger partial charge is 0.478 e. The maximum atomic E-state index is 12.2. The number of rotatable bonds is 5. The number of carbonyl (C=O) groups is 1. The summed E-state index contributed by atoms with van der Waals surface area (Å²) in [6, 6.07) is 10.6. The van der Waals surface area contributed by atoms with Crippen molar-refractivity contribution in [1.29, 1.82) is 0 Å². The van der Waals surface area contributed by atoms with Gasteiger partial charge in [-0.15, -0.1) is 18.3 Å². The lowest BCUT2D eigenvalue weighted by Gasteiger charge is -2.09. The van der Waals surface area contributed by atoms with Gasteiger partial charge in [0.15, 0.2) is 5.82 Å². The average molecular weight is 389 g/mol. The minimum absolute atomic E-state index is 0.322. The van der Waals surface area contributed by atoms with Gasteiger partial charge in [0, 0.05) is 11.6 Å². The van der Waals surface area contributed by atoms with Crippen LogP contribution in [-0.4, -0.2) is 32.2 Å². The van der Waals surface area contributed by atoms with Crippen LogP contribution in [0.15, 0.2) is 54.9 Å². The molecule has 2 aromatic carbocycles. The molecule has 0 bridgehead atoms. The number of aliphatic carboxylic acids is 1. The number of aromatic nitrogens is 3. The van der Waals surface area contributed by atoms with E-state index in [2.05, 4.69) is 14.8 Å². The molecule has 1 aromatic heterocycles. The predicted molar refractivity (Wildman–Crippen MR) is 94.9 cm³/mol. The van der Waals surface area contributed by atoms with Gasteiger partial charge in [0.25, 0.3) is 0 Å². The first-order valence-electron chi connectivity index (χ1n) is 8.01. The SMILES string of the molecule is Cc1cc(-c2ncn(-c3ccc(OC(F)(F)F)cc3)n2)ccc1/C=C/C(=O)O. The molecule has 0 saturated carbocycles. The number of benzene rings is 2. The molecule has 0 radical (unpaired) electrons. The van der Waals surface area contributed by atoms with E-state index in [1.54, 1.807) is 12.1 Å². The zero-order valence-corrected chi connectivity index (χ0v) is 14.5. The second kappa shape index (κ2) is 7.55. The number of carboxylic acids is 1. The molecule has 1 heterocycles. The second-order valence-corrected chi connectivity index (χ2v) is 5.80. The third-order valence-electron chi connectivity index (χ3n) is 3.76. The molecule has 3 aromatic rings. The average Bonchev–Trinajstić information content (AvgIpc) is 3.10. The quantitative estimate of drug-likeness (QED) is 0.661. The van der Waals surface area contributed by atoms with Crippen molar-refractivity contribution in [2.24, 2.45) is 0 Å². The summed E-state index contributed by atoms with van der Waals surface area (Å²) in [6.07, 6.45) is -0.743. The van der Waals surface area contributed by atoms with Gasteiger partial charge < -0.3 is 9.84 Å². The fourth-order valence-corrected chi connectivity index (χ4v) is 2.48. The van der Waals surface area contributed by atoms with Crippen LogP contribution in [0, 0.1) is 6.92 Å². The van der Waals surface area contributed by atoms with Crippen LogP contribution in [-0.2, 0) is 4.79 Å². The number of nitrogens with zero attached hydrogens (tertiary/aromatic N) is 3. The maximum absolute atomic E-state index is 12.2. The second-order valence-electron chi connectivity index (χ2n) is 5.80. The van der Waals surface area contributed by atoms with E-state index in [-0.39, 0.29) is 5.75 Å². The van der Waals surface area contributed by atoms with Gasteiger partial charge in [-0.3, -0.25) is 0 Å². The lowest BCUT2D eigenvalue weighted by molar-refractivity contribution is -0.274. The third kappa shape index (κ3) is 4.76. The van der Waals surface area contributed by atoms with Crippen LogP contribution in [0.25, 0.3) is 23.2 Å². The number of hydrogen-bond donors (Lipinski definition) is 1. The van der Waals surface area contributed by atoms with Crippen LogP contribution in [0.4, 0.5) is 13.2 Å². The molecule has 0 aliphatic rings. The van der Waals surface area contributed by atoms with Crippen molar-refractivity contribution in [3.8, 4) is 22.8 Å². The molecule has 0 spiro atoms. The van der Waals surface area contributed by atoms with E-state index in [9.17, 15) is 18.0 Å². The first-order chi connectivity index (χ1) is 13.2. The number of halogens is 3. The van der Waals surface area contributed by atoms with E-state index in [1.807, 2.05) is 13.0 Å². The zero-order chi connectivity index (χ0) is 20.3. The summed E-state index contributed by atoms with van der Waals surface area (Å²) in [5, 5.41) is 13.0. The van der Waals surface area contributed by atoms with Crippen LogP contribution in [0.1, 0.15) is 11.1 Å². The maximum Gasteiger partial charge on any atom is 0.573 e. The largest absolute Gasteiger partial charge is 0.573 e. The van der Waals surface area contributed by atoms with Crippen LogP contribution in [0.2, 0.25) is 0 Å². The van der Waals surface area contributed by atoms with Gasteiger partial charge >= 0.3 is 12.3 Å². The van der Waals surface area contributed by atoms with Gasteiger partial charge in [-0.25, -0.2) is 14.5 Å². The molecule has 1 N–H and O–H groups in total. The van der Waals surface area contributed by atoms with E-state index in [0.717, 1.165) is 22.8 Å². The first-order valence-corrected chi connectivity index (χ1v) is 8.01. The van der Waals surface area contributed by atoms with Crippen LogP contribution < -0.4 is 4.74 Å². The number of alkyl halides is 3. The summed E-state index contributed by atoms with van der Waals surface area (Å²) in [5.74, 6) is -0.930. The molecule has 144 valence electrons. The summed E-state index contributed by atoms with van der Waals surface area (Å²) in [7, 11) is 0. The number of hydrogen-bond acceptors (Lipinski definition) is 4. The van der Waals surface area contributed by atoms with Crippen molar-refractivity contribution >= 4 is 12.0 Å². The molecule has 6 nitrogen and oxygen atoms in total. The Labute approximate surface area is 157 Å². The van der Waals surface area contributed by atoms with E-state index < -0.39 is 12.3 Å². The monoisotopic (exact) mass is 389 g/mol. The number of ether oxygens (including phenoxy) is 1. The van der Waals surface area contributed by atoms with Gasteiger partial charge in [-0.05, 0) is 54.5 Å². The summed E-state index contributed by atoms with van der Waals surface area (Å²) >= 11 is 0. The fourth-order valence-electron chi connectivity index (χ4n) is 2.48. The van der Waals surface area contributed by atoms with E-state index in [0.29, 0.717) is 11.5 Å². The summed E-state index contributed by atoms with van der Waals surface area (Å²) in [5.41, 5.74) is 2.84. The van der Waals surface area contributed by atoms with Gasteiger partial charge in [0.1, 0.15) is 12.1 Å². The molecular weight excluding hydrogens is 375 g/mol. The van der Waals surface area contributed by atoms with E-state index >= 15 is 0 Å². The molecule has 0 atom stereocenters. The summed E-state index contributed by atoms with van der Waals surface area (Å²) in [6.45, 7) is 1.83.